The normalized spacial score (nSPS) is 16.2. The highest BCUT2D eigenvalue weighted by Crippen LogP contribution is 2.29. The molecule has 5 nitrogen and oxygen atoms in total. The molecule has 2 N–H and O–H groups in total. The number of aliphatic hydroxyl groups is 1. The van der Waals surface area contributed by atoms with Gasteiger partial charge in [-0.2, -0.15) is 5.26 Å². The van der Waals surface area contributed by atoms with Crippen molar-refractivity contribution < 1.29 is 9.90 Å². The molecule has 1 fully saturated rings. The van der Waals surface area contributed by atoms with E-state index >= 15 is 0 Å². The summed E-state index contributed by atoms with van der Waals surface area (Å²) in [5, 5.41) is 21.6. The Hall–Kier alpha value is -1.90. The van der Waals surface area contributed by atoms with Crippen molar-refractivity contribution in [3.63, 3.8) is 0 Å². The second kappa shape index (κ2) is 7.92. The predicted octanol–water partition coefficient (Wildman–Crippen LogP) is 1.83. The molecule has 1 amide bonds. The number of amides is 1. The number of hydrogen-bond acceptors (Lipinski definition) is 4. The molecular weight excluding hydrogens is 278 g/mol. The minimum Gasteiger partial charge on any atom is -0.394 e. The minimum atomic E-state index is -0.312. The summed E-state index contributed by atoms with van der Waals surface area (Å²) >= 11 is 0. The molecule has 5 heteroatoms. The number of carbonyl (C=O) groups is 1. The summed E-state index contributed by atoms with van der Waals surface area (Å²) in [5.74, 6) is -0.0684. The van der Waals surface area contributed by atoms with Crippen LogP contribution in [-0.4, -0.2) is 36.2 Å². The fourth-order valence-electron chi connectivity index (χ4n) is 2.97. The molecule has 0 heterocycles. The molecule has 1 aliphatic rings. The van der Waals surface area contributed by atoms with Crippen LogP contribution in [0.25, 0.3) is 0 Å². The molecule has 0 saturated heterocycles. The standard InChI is InChI=1S/C17H23N3O2/c18-11-6-12-20(15-7-2-1-3-8-15)16(22)13-19-17(14-21)9-4-5-10-17/h1-3,7-8,19,21H,4-6,9-10,12-14H2. The summed E-state index contributed by atoms with van der Waals surface area (Å²) in [5.41, 5.74) is 0.488. The van der Waals surface area contributed by atoms with E-state index in [0.29, 0.717) is 13.0 Å². The van der Waals surface area contributed by atoms with Gasteiger partial charge in [0.25, 0.3) is 0 Å². The van der Waals surface area contributed by atoms with Gasteiger partial charge in [0.2, 0.25) is 5.91 Å². The van der Waals surface area contributed by atoms with Crippen molar-refractivity contribution in [3.8, 4) is 6.07 Å². The predicted molar refractivity (Wildman–Crippen MR) is 85.3 cm³/mol. The maximum Gasteiger partial charge on any atom is 0.240 e. The van der Waals surface area contributed by atoms with Gasteiger partial charge in [0.15, 0.2) is 0 Å². The van der Waals surface area contributed by atoms with Gasteiger partial charge in [-0.1, -0.05) is 31.0 Å². The molecule has 0 unspecified atom stereocenters. The van der Waals surface area contributed by atoms with E-state index in [-0.39, 0.29) is 24.6 Å². The van der Waals surface area contributed by atoms with E-state index in [9.17, 15) is 9.90 Å². The van der Waals surface area contributed by atoms with Crippen LogP contribution in [0.4, 0.5) is 5.69 Å². The molecule has 0 radical (unpaired) electrons. The molecule has 22 heavy (non-hydrogen) atoms. The van der Waals surface area contributed by atoms with Gasteiger partial charge in [0.05, 0.1) is 25.6 Å². The first-order chi connectivity index (χ1) is 10.7. The Balaban J connectivity index is 2.01. The summed E-state index contributed by atoms with van der Waals surface area (Å²) in [6.45, 7) is 0.623. The number of benzene rings is 1. The van der Waals surface area contributed by atoms with Crippen molar-refractivity contribution in [2.75, 3.05) is 24.6 Å². The first-order valence-corrected chi connectivity index (χ1v) is 7.79. The molecule has 1 saturated carbocycles. The van der Waals surface area contributed by atoms with Crippen LogP contribution in [0.1, 0.15) is 32.1 Å². The number of anilines is 1. The largest absolute Gasteiger partial charge is 0.394 e. The van der Waals surface area contributed by atoms with Gasteiger partial charge < -0.3 is 15.3 Å². The van der Waals surface area contributed by atoms with Crippen LogP contribution in [-0.2, 0) is 4.79 Å². The lowest BCUT2D eigenvalue weighted by Gasteiger charge is -2.30. The maximum absolute atomic E-state index is 12.5. The molecule has 118 valence electrons. The molecule has 1 aromatic carbocycles. The zero-order valence-electron chi connectivity index (χ0n) is 12.8. The third-order valence-electron chi connectivity index (χ3n) is 4.29. The summed E-state index contributed by atoms with van der Waals surface area (Å²) in [6, 6.07) is 11.5. The Morgan fingerprint density at radius 3 is 2.59 bits per heavy atom. The molecule has 0 spiro atoms. The van der Waals surface area contributed by atoms with E-state index in [1.807, 2.05) is 30.3 Å². The highest BCUT2D eigenvalue weighted by molar-refractivity contribution is 5.94. The fraction of sp³-hybridized carbons (Fsp3) is 0.529. The molecular formula is C17H23N3O2. The third kappa shape index (κ3) is 4.06. The lowest BCUT2D eigenvalue weighted by Crippen LogP contribution is -2.51. The van der Waals surface area contributed by atoms with Crippen LogP contribution in [0.2, 0.25) is 0 Å². The van der Waals surface area contributed by atoms with Crippen LogP contribution in [0.15, 0.2) is 30.3 Å². The van der Waals surface area contributed by atoms with Crippen molar-refractivity contribution in [2.45, 2.75) is 37.6 Å². The third-order valence-corrected chi connectivity index (χ3v) is 4.29. The second-order valence-corrected chi connectivity index (χ2v) is 5.79. The van der Waals surface area contributed by atoms with Crippen molar-refractivity contribution in [1.29, 1.82) is 5.26 Å². The lowest BCUT2D eigenvalue weighted by molar-refractivity contribution is -0.118. The number of para-hydroxylation sites is 1. The Morgan fingerprint density at radius 1 is 1.32 bits per heavy atom. The number of hydrogen-bond donors (Lipinski definition) is 2. The smallest absolute Gasteiger partial charge is 0.240 e. The van der Waals surface area contributed by atoms with E-state index in [2.05, 4.69) is 11.4 Å². The van der Waals surface area contributed by atoms with Crippen LogP contribution in [0.5, 0.6) is 0 Å². The van der Waals surface area contributed by atoms with Crippen LogP contribution >= 0.6 is 0 Å². The maximum atomic E-state index is 12.5. The van der Waals surface area contributed by atoms with Gasteiger partial charge in [-0.25, -0.2) is 0 Å². The molecule has 0 bridgehead atoms. The number of nitriles is 1. The zero-order valence-corrected chi connectivity index (χ0v) is 12.8. The minimum absolute atomic E-state index is 0.0593. The zero-order chi connectivity index (χ0) is 15.8. The Morgan fingerprint density at radius 2 is 2.00 bits per heavy atom. The van der Waals surface area contributed by atoms with Crippen LogP contribution in [0, 0.1) is 11.3 Å². The Labute approximate surface area is 131 Å². The van der Waals surface area contributed by atoms with E-state index in [1.54, 1.807) is 4.90 Å². The van der Waals surface area contributed by atoms with Crippen LogP contribution in [0.3, 0.4) is 0 Å². The highest BCUT2D eigenvalue weighted by Gasteiger charge is 2.33. The van der Waals surface area contributed by atoms with Crippen molar-refractivity contribution in [2.24, 2.45) is 0 Å². The summed E-state index contributed by atoms with van der Waals surface area (Å²) < 4.78 is 0. The van der Waals surface area contributed by atoms with Gasteiger partial charge in [-0.15, -0.1) is 0 Å². The van der Waals surface area contributed by atoms with E-state index in [0.717, 1.165) is 31.4 Å². The highest BCUT2D eigenvalue weighted by atomic mass is 16.3. The first-order valence-electron chi connectivity index (χ1n) is 7.79. The quantitative estimate of drug-likeness (QED) is 0.805. The molecule has 1 aromatic rings. The summed E-state index contributed by atoms with van der Waals surface area (Å²) in [6.07, 6.45) is 4.27. The van der Waals surface area contributed by atoms with E-state index < -0.39 is 0 Å². The molecule has 0 aromatic heterocycles. The average molecular weight is 301 g/mol. The van der Waals surface area contributed by atoms with Gasteiger partial charge >= 0.3 is 0 Å². The number of nitrogens with zero attached hydrogens (tertiary/aromatic N) is 2. The Kier molecular flexibility index (Phi) is 5.93. The number of nitrogens with one attached hydrogen (secondary N) is 1. The van der Waals surface area contributed by atoms with Gasteiger partial charge in [0, 0.05) is 17.8 Å². The van der Waals surface area contributed by atoms with E-state index in [4.69, 9.17) is 5.26 Å². The van der Waals surface area contributed by atoms with Gasteiger partial charge in [-0.3, -0.25) is 4.79 Å². The van der Waals surface area contributed by atoms with Crippen molar-refractivity contribution in [3.05, 3.63) is 30.3 Å². The van der Waals surface area contributed by atoms with Gasteiger partial charge in [-0.05, 0) is 25.0 Å². The second-order valence-electron chi connectivity index (χ2n) is 5.79. The summed E-state index contributed by atoms with van der Waals surface area (Å²) in [7, 11) is 0. The van der Waals surface area contributed by atoms with Crippen molar-refractivity contribution in [1.82, 2.24) is 5.32 Å². The molecule has 2 rings (SSSR count). The van der Waals surface area contributed by atoms with E-state index in [1.165, 1.54) is 0 Å². The average Bonchev–Trinajstić information content (AvgIpc) is 3.04. The number of carbonyl (C=O) groups excluding carboxylic acids is 1. The topological polar surface area (TPSA) is 76.4 Å². The monoisotopic (exact) mass is 301 g/mol. The SMILES string of the molecule is N#CCCN(C(=O)CNC1(CO)CCCC1)c1ccccc1. The first kappa shape index (κ1) is 16.5. The summed E-state index contributed by atoms with van der Waals surface area (Å²) in [4.78, 5) is 14.2. The van der Waals surface area contributed by atoms with Crippen molar-refractivity contribution >= 4 is 11.6 Å². The number of rotatable bonds is 7. The molecule has 0 aliphatic heterocycles. The van der Waals surface area contributed by atoms with Gasteiger partial charge in [0.1, 0.15) is 0 Å². The number of aliphatic hydroxyl groups excluding tert-OH is 1. The molecule has 0 atom stereocenters. The fourth-order valence-corrected chi connectivity index (χ4v) is 2.97. The Bertz CT molecular complexity index is 518. The lowest BCUT2D eigenvalue weighted by atomic mass is 9.99. The van der Waals surface area contributed by atoms with Crippen LogP contribution < -0.4 is 10.2 Å². The molecule has 1 aliphatic carbocycles.